The van der Waals surface area contributed by atoms with E-state index in [1.165, 1.54) is 11.0 Å². The number of carbonyl (C=O) groups excluding carboxylic acids is 1. The summed E-state index contributed by atoms with van der Waals surface area (Å²) in [7, 11) is 0. The lowest BCUT2D eigenvalue weighted by atomic mass is 9.94. The van der Waals surface area contributed by atoms with E-state index in [9.17, 15) is 9.18 Å². The molecule has 1 saturated heterocycles. The number of amides is 1. The second-order valence-corrected chi connectivity index (χ2v) is 5.81. The number of nitriles is 2. The van der Waals surface area contributed by atoms with Crippen LogP contribution in [0.2, 0.25) is 0 Å². The molecule has 1 aromatic heterocycles. The molecule has 0 radical (unpaired) electrons. The van der Waals surface area contributed by atoms with Crippen molar-refractivity contribution in [1.82, 2.24) is 10.1 Å². The van der Waals surface area contributed by atoms with Crippen molar-refractivity contribution >= 4 is 11.7 Å². The highest BCUT2D eigenvalue weighted by Gasteiger charge is 2.43. The number of halogens is 1. The van der Waals surface area contributed by atoms with Gasteiger partial charge in [-0.25, -0.2) is 4.39 Å². The Morgan fingerprint density at radius 3 is 3.00 bits per heavy atom. The van der Waals surface area contributed by atoms with Crippen molar-refractivity contribution in [2.45, 2.75) is 18.5 Å². The van der Waals surface area contributed by atoms with Crippen LogP contribution in [0.4, 0.5) is 10.2 Å². The zero-order valence-corrected chi connectivity index (χ0v) is 13.2. The van der Waals surface area contributed by atoms with E-state index in [1.54, 1.807) is 24.3 Å². The number of rotatable bonds is 3. The van der Waals surface area contributed by atoms with Crippen LogP contribution in [0.5, 0.6) is 0 Å². The highest BCUT2D eigenvalue weighted by molar-refractivity contribution is 5.97. The van der Waals surface area contributed by atoms with Gasteiger partial charge in [0.15, 0.2) is 17.8 Å². The average molecular weight is 339 g/mol. The first-order valence-electron chi connectivity index (χ1n) is 7.66. The third-order valence-electron chi connectivity index (χ3n) is 4.02. The fourth-order valence-electron chi connectivity index (χ4n) is 2.72. The van der Waals surface area contributed by atoms with Crippen LogP contribution >= 0.6 is 0 Å². The SMILES string of the molecule is N#Cc1cccc(-c2cc(NC(=O)C3(F)CCCN(C#N)C3)no2)c1. The van der Waals surface area contributed by atoms with E-state index in [4.69, 9.17) is 15.0 Å². The minimum absolute atomic E-state index is 0.0476. The molecule has 1 aromatic carbocycles. The van der Waals surface area contributed by atoms with Gasteiger partial charge in [0.1, 0.15) is 0 Å². The molecule has 2 heterocycles. The van der Waals surface area contributed by atoms with Crippen molar-refractivity contribution < 1.29 is 13.7 Å². The molecule has 0 aliphatic carbocycles. The van der Waals surface area contributed by atoms with E-state index in [0.717, 1.165) is 0 Å². The number of hydrogen-bond acceptors (Lipinski definition) is 6. The zero-order chi connectivity index (χ0) is 17.9. The molecule has 25 heavy (non-hydrogen) atoms. The number of anilines is 1. The Kier molecular flexibility index (Phi) is 4.36. The molecule has 1 fully saturated rings. The molecule has 3 rings (SSSR count). The number of carbonyl (C=O) groups is 1. The first kappa shape index (κ1) is 16.5. The van der Waals surface area contributed by atoms with Crippen LogP contribution in [0, 0.1) is 22.8 Å². The molecule has 0 spiro atoms. The van der Waals surface area contributed by atoms with Gasteiger partial charge < -0.3 is 14.7 Å². The van der Waals surface area contributed by atoms with Gasteiger partial charge in [0, 0.05) is 18.2 Å². The number of likely N-dealkylation sites (tertiary alicyclic amines) is 1. The van der Waals surface area contributed by atoms with Gasteiger partial charge in [0.2, 0.25) is 5.67 Å². The minimum atomic E-state index is -2.15. The zero-order valence-electron chi connectivity index (χ0n) is 13.2. The van der Waals surface area contributed by atoms with Crippen molar-refractivity contribution in [3.8, 4) is 23.6 Å². The maximum Gasteiger partial charge on any atom is 0.265 e. The Bertz CT molecular complexity index is 882. The fourth-order valence-corrected chi connectivity index (χ4v) is 2.72. The molecule has 1 N–H and O–H groups in total. The van der Waals surface area contributed by atoms with E-state index in [-0.39, 0.29) is 18.8 Å². The van der Waals surface area contributed by atoms with E-state index < -0.39 is 11.6 Å². The molecule has 1 aliphatic rings. The van der Waals surface area contributed by atoms with E-state index in [2.05, 4.69) is 10.5 Å². The molecule has 126 valence electrons. The summed E-state index contributed by atoms with van der Waals surface area (Å²) in [5, 5.41) is 23.9. The van der Waals surface area contributed by atoms with Gasteiger partial charge in [-0.05, 0) is 25.0 Å². The first-order chi connectivity index (χ1) is 12.0. The van der Waals surface area contributed by atoms with Crippen LogP contribution in [0.1, 0.15) is 18.4 Å². The first-order valence-corrected chi connectivity index (χ1v) is 7.66. The summed E-state index contributed by atoms with van der Waals surface area (Å²) in [4.78, 5) is 13.5. The standard InChI is InChI=1S/C17H14FN5O2/c18-17(5-2-6-23(10-17)11-20)16(24)21-15-8-14(25-22-15)13-4-1-3-12(7-13)9-19/h1,3-4,7-8H,2,5-6,10H2,(H,21,22,24). The van der Waals surface area contributed by atoms with Crippen molar-refractivity contribution in [2.24, 2.45) is 0 Å². The Morgan fingerprint density at radius 1 is 1.40 bits per heavy atom. The van der Waals surface area contributed by atoms with Crippen molar-refractivity contribution in [1.29, 1.82) is 10.5 Å². The smallest absolute Gasteiger partial charge is 0.265 e. The van der Waals surface area contributed by atoms with Gasteiger partial charge in [-0.2, -0.15) is 10.5 Å². The molecular formula is C17H14FN5O2. The number of benzene rings is 1. The number of aromatic nitrogens is 1. The van der Waals surface area contributed by atoms with Gasteiger partial charge in [-0.15, -0.1) is 0 Å². The summed E-state index contributed by atoms with van der Waals surface area (Å²) >= 11 is 0. The molecule has 1 unspecified atom stereocenters. The number of nitrogens with zero attached hydrogens (tertiary/aromatic N) is 4. The minimum Gasteiger partial charge on any atom is -0.354 e. The Balaban J connectivity index is 1.74. The van der Waals surface area contributed by atoms with E-state index in [0.29, 0.717) is 29.9 Å². The summed E-state index contributed by atoms with van der Waals surface area (Å²) in [5.74, 6) is -0.422. The van der Waals surface area contributed by atoms with Crippen LogP contribution in [0.3, 0.4) is 0 Å². The molecular weight excluding hydrogens is 325 g/mol. The third-order valence-corrected chi connectivity index (χ3v) is 4.02. The lowest BCUT2D eigenvalue weighted by molar-refractivity contribution is -0.130. The topological polar surface area (TPSA) is 106 Å². The Hall–Kier alpha value is -3.39. The summed E-state index contributed by atoms with van der Waals surface area (Å²) in [6.07, 6.45) is 2.33. The molecule has 7 nitrogen and oxygen atoms in total. The Morgan fingerprint density at radius 2 is 2.24 bits per heavy atom. The molecule has 0 saturated carbocycles. The number of nitrogens with one attached hydrogen (secondary N) is 1. The summed E-state index contributed by atoms with van der Waals surface area (Å²) < 4.78 is 20.0. The maximum atomic E-state index is 14.8. The molecule has 2 aromatic rings. The fraction of sp³-hybridized carbons (Fsp3) is 0.294. The predicted octanol–water partition coefficient (Wildman–Crippen LogP) is 2.44. The highest BCUT2D eigenvalue weighted by atomic mass is 19.1. The molecule has 0 bridgehead atoms. The van der Waals surface area contributed by atoms with Crippen LogP contribution in [-0.2, 0) is 4.79 Å². The second kappa shape index (κ2) is 6.62. The van der Waals surface area contributed by atoms with Gasteiger partial charge in [0.05, 0.1) is 18.2 Å². The molecule has 1 atom stereocenters. The average Bonchev–Trinajstić information content (AvgIpc) is 3.10. The maximum absolute atomic E-state index is 14.8. The Labute approximate surface area is 143 Å². The van der Waals surface area contributed by atoms with Gasteiger partial charge in [-0.1, -0.05) is 17.3 Å². The quantitative estimate of drug-likeness (QED) is 0.861. The van der Waals surface area contributed by atoms with Gasteiger partial charge in [0.25, 0.3) is 5.91 Å². The van der Waals surface area contributed by atoms with E-state index in [1.807, 2.05) is 12.3 Å². The summed E-state index contributed by atoms with van der Waals surface area (Å²) in [6, 6.07) is 10.2. The van der Waals surface area contributed by atoms with E-state index >= 15 is 0 Å². The summed E-state index contributed by atoms with van der Waals surface area (Å²) in [6.45, 7) is 0.170. The number of alkyl halides is 1. The molecule has 8 heteroatoms. The van der Waals surface area contributed by atoms with Crippen LogP contribution in [-0.4, -0.2) is 34.7 Å². The second-order valence-electron chi connectivity index (χ2n) is 5.81. The van der Waals surface area contributed by atoms with Crippen molar-refractivity contribution in [3.05, 3.63) is 35.9 Å². The molecule has 1 amide bonds. The van der Waals surface area contributed by atoms with Crippen LogP contribution < -0.4 is 5.32 Å². The predicted molar refractivity (Wildman–Crippen MR) is 85.5 cm³/mol. The molecule has 1 aliphatic heterocycles. The van der Waals surface area contributed by atoms with Gasteiger partial charge >= 0.3 is 0 Å². The van der Waals surface area contributed by atoms with Crippen LogP contribution in [0.15, 0.2) is 34.9 Å². The largest absolute Gasteiger partial charge is 0.354 e. The lowest BCUT2D eigenvalue weighted by Gasteiger charge is -2.32. The lowest BCUT2D eigenvalue weighted by Crippen LogP contribution is -2.51. The van der Waals surface area contributed by atoms with Gasteiger partial charge in [-0.3, -0.25) is 4.79 Å². The number of piperidine rings is 1. The third kappa shape index (κ3) is 3.43. The summed E-state index contributed by atoms with van der Waals surface area (Å²) in [5.41, 5.74) is -1.07. The van der Waals surface area contributed by atoms with Crippen molar-refractivity contribution in [3.63, 3.8) is 0 Å². The highest BCUT2D eigenvalue weighted by Crippen LogP contribution is 2.28. The van der Waals surface area contributed by atoms with Crippen LogP contribution in [0.25, 0.3) is 11.3 Å². The monoisotopic (exact) mass is 339 g/mol. The van der Waals surface area contributed by atoms with Crippen molar-refractivity contribution in [2.75, 3.05) is 18.4 Å². The number of hydrogen-bond donors (Lipinski definition) is 1. The normalized spacial score (nSPS) is 19.7.